The normalized spacial score (nSPS) is 24.3. The van der Waals surface area contributed by atoms with Crippen molar-refractivity contribution in [3.63, 3.8) is 0 Å². The van der Waals surface area contributed by atoms with Gasteiger partial charge >= 0.3 is 0 Å². The highest BCUT2D eigenvalue weighted by molar-refractivity contribution is 7.21. The molecule has 6 nitrogen and oxygen atoms in total. The fraction of sp³-hybridized carbons (Fsp3) is 0.407. The van der Waals surface area contributed by atoms with Gasteiger partial charge in [-0.05, 0) is 54.4 Å². The molecule has 2 aromatic heterocycles. The van der Waals surface area contributed by atoms with Gasteiger partial charge in [-0.25, -0.2) is 4.98 Å². The highest BCUT2D eigenvalue weighted by Crippen LogP contribution is 2.53. The van der Waals surface area contributed by atoms with Crippen LogP contribution < -0.4 is 11.2 Å². The van der Waals surface area contributed by atoms with E-state index < -0.39 is 0 Å². The molecule has 0 radical (unpaired) electrons. The van der Waals surface area contributed by atoms with Crippen LogP contribution in [0.4, 0.5) is 5.88 Å². The summed E-state index contributed by atoms with van der Waals surface area (Å²) in [5, 5.41) is 11.8. The number of aromatic nitrogens is 1. The van der Waals surface area contributed by atoms with Crippen molar-refractivity contribution in [1.82, 2.24) is 9.88 Å². The minimum Gasteiger partial charge on any atom is -0.507 e. The van der Waals surface area contributed by atoms with Gasteiger partial charge in [0.1, 0.15) is 21.9 Å². The van der Waals surface area contributed by atoms with Gasteiger partial charge in [-0.15, -0.1) is 11.3 Å². The number of hydrogen-bond donors (Lipinski definition) is 2. The highest BCUT2D eigenvalue weighted by Gasteiger charge is 2.49. The maximum atomic E-state index is 13.6. The number of phenolic OH excluding ortho intramolecular Hbond substituents is 1. The van der Waals surface area contributed by atoms with Gasteiger partial charge < -0.3 is 15.3 Å². The molecule has 2 bridgehead atoms. The number of thiazole rings is 1. The topological polar surface area (TPSA) is 92.6 Å². The first-order valence-corrected chi connectivity index (χ1v) is 12.6. The smallest absolute Gasteiger partial charge is 0.205 e. The third kappa shape index (κ3) is 3.41. The number of nitrogens with two attached hydrogens (primary N) is 1. The second-order valence-corrected chi connectivity index (χ2v) is 12.2. The fourth-order valence-electron chi connectivity index (χ4n) is 6.62. The molecule has 176 valence electrons. The van der Waals surface area contributed by atoms with Gasteiger partial charge in [0.05, 0.1) is 21.2 Å². The monoisotopic (exact) mass is 475 g/mol. The summed E-state index contributed by atoms with van der Waals surface area (Å²) in [7, 11) is 0. The Bertz CT molecular complexity index is 1470. The molecule has 6 rings (SSSR count). The summed E-state index contributed by atoms with van der Waals surface area (Å²) in [4.78, 5) is 20.6. The Balaban J connectivity index is 1.44. The molecule has 7 heteroatoms. The number of benzene rings is 2. The van der Waals surface area contributed by atoms with Gasteiger partial charge in [-0.3, -0.25) is 9.69 Å². The van der Waals surface area contributed by atoms with Crippen LogP contribution in [0, 0.1) is 10.8 Å². The van der Waals surface area contributed by atoms with E-state index in [0.29, 0.717) is 39.5 Å². The van der Waals surface area contributed by atoms with Crippen LogP contribution in [0.1, 0.15) is 45.6 Å². The molecule has 4 aromatic rings. The van der Waals surface area contributed by atoms with E-state index in [9.17, 15) is 9.90 Å². The van der Waals surface area contributed by atoms with Crippen LogP contribution in [0.5, 0.6) is 5.75 Å². The van der Waals surface area contributed by atoms with Crippen molar-refractivity contribution in [2.45, 2.75) is 52.6 Å². The SMILES string of the molecule is CC1(C)C[C@H]2C[C@](C)(CN2Cc2c(O)ccc3c(=O)c(-c4nc5ccccc5s4)c(N)oc23)C1. The van der Waals surface area contributed by atoms with Crippen LogP contribution in [0.25, 0.3) is 31.8 Å². The molecule has 2 atom stereocenters. The number of rotatable bonds is 3. The Labute approximate surface area is 202 Å². The van der Waals surface area contributed by atoms with E-state index in [4.69, 9.17) is 10.2 Å². The van der Waals surface area contributed by atoms with Crippen molar-refractivity contribution in [2.75, 3.05) is 12.3 Å². The average molecular weight is 476 g/mol. The molecule has 1 saturated heterocycles. The molecule has 2 aromatic carbocycles. The molecule has 3 heterocycles. The van der Waals surface area contributed by atoms with Crippen molar-refractivity contribution in [2.24, 2.45) is 10.8 Å². The summed E-state index contributed by atoms with van der Waals surface area (Å²) in [6, 6.07) is 11.4. The lowest BCUT2D eigenvalue weighted by atomic mass is 9.65. The summed E-state index contributed by atoms with van der Waals surface area (Å²) in [6.45, 7) is 8.56. The average Bonchev–Trinajstić information content (AvgIpc) is 3.27. The Morgan fingerprint density at radius 3 is 2.79 bits per heavy atom. The summed E-state index contributed by atoms with van der Waals surface area (Å²) in [5.41, 5.74) is 8.79. The summed E-state index contributed by atoms with van der Waals surface area (Å²) in [6.07, 6.45) is 3.49. The molecular formula is C27H29N3O3S. The van der Waals surface area contributed by atoms with Gasteiger partial charge in [0.2, 0.25) is 11.3 Å². The lowest BCUT2D eigenvalue weighted by Gasteiger charge is -2.40. The van der Waals surface area contributed by atoms with Crippen molar-refractivity contribution >= 4 is 38.4 Å². The van der Waals surface area contributed by atoms with Crippen LogP contribution in [-0.2, 0) is 6.54 Å². The number of aromatic hydroxyl groups is 1. The Kier molecular flexibility index (Phi) is 4.64. The van der Waals surface area contributed by atoms with Gasteiger partial charge in [0.25, 0.3) is 0 Å². The Morgan fingerprint density at radius 1 is 1.21 bits per heavy atom. The van der Waals surface area contributed by atoms with Crippen LogP contribution in [0.3, 0.4) is 0 Å². The summed E-state index contributed by atoms with van der Waals surface area (Å²) in [5.74, 6) is 0.172. The van der Waals surface area contributed by atoms with Crippen LogP contribution >= 0.6 is 11.3 Å². The second-order valence-electron chi connectivity index (χ2n) is 11.2. The van der Waals surface area contributed by atoms with Crippen LogP contribution in [0.2, 0.25) is 0 Å². The van der Waals surface area contributed by atoms with Crippen molar-refractivity contribution in [1.29, 1.82) is 0 Å². The number of nitrogen functional groups attached to an aromatic ring is 1. The minimum atomic E-state index is -0.215. The van der Waals surface area contributed by atoms with Crippen LogP contribution in [0.15, 0.2) is 45.6 Å². The second kappa shape index (κ2) is 7.30. The number of hydrogen-bond acceptors (Lipinski definition) is 7. The molecule has 2 fully saturated rings. The predicted octanol–water partition coefficient (Wildman–Crippen LogP) is 5.76. The first-order valence-electron chi connectivity index (χ1n) is 11.8. The largest absolute Gasteiger partial charge is 0.507 e. The third-order valence-corrected chi connectivity index (χ3v) is 8.61. The van der Waals surface area contributed by atoms with Gasteiger partial charge in [0.15, 0.2) is 0 Å². The van der Waals surface area contributed by atoms with E-state index in [-0.39, 0.29) is 28.0 Å². The standard InChI is InChI=1S/C27H29N3O3S/c1-26(2)10-15-11-27(3,13-26)14-30(15)12-17-19(31)9-8-16-22(32)21(24(28)33-23(16)17)25-29-18-6-4-5-7-20(18)34-25/h4-9,15,31H,10-14,28H2,1-3H3/t15-,27-/m0/s1. The molecule has 0 unspecified atom stereocenters. The van der Waals surface area contributed by atoms with E-state index in [2.05, 4.69) is 30.7 Å². The molecule has 0 amide bonds. The first kappa shape index (κ1) is 21.6. The van der Waals surface area contributed by atoms with E-state index in [1.165, 1.54) is 17.8 Å². The molecule has 0 spiro atoms. The van der Waals surface area contributed by atoms with Gasteiger partial charge in [-0.2, -0.15) is 0 Å². The number of likely N-dealkylation sites (tertiary alicyclic amines) is 1. The zero-order chi connectivity index (χ0) is 23.8. The van der Waals surface area contributed by atoms with E-state index in [0.717, 1.165) is 29.6 Å². The maximum absolute atomic E-state index is 13.6. The quantitative estimate of drug-likeness (QED) is 0.391. The number of fused-ring (bicyclic) bond motifs is 4. The first-order chi connectivity index (χ1) is 16.1. The van der Waals surface area contributed by atoms with Gasteiger partial charge in [-0.1, -0.05) is 32.9 Å². The van der Waals surface area contributed by atoms with E-state index >= 15 is 0 Å². The maximum Gasteiger partial charge on any atom is 0.205 e. The molecule has 1 saturated carbocycles. The van der Waals surface area contributed by atoms with Crippen molar-refractivity contribution < 1.29 is 9.52 Å². The number of nitrogens with zero attached hydrogens (tertiary/aromatic N) is 2. The molecular weight excluding hydrogens is 446 g/mol. The number of para-hydroxylation sites is 1. The molecule has 34 heavy (non-hydrogen) atoms. The van der Waals surface area contributed by atoms with E-state index in [1.807, 2.05) is 24.3 Å². The molecule has 1 aliphatic carbocycles. The Morgan fingerprint density at radius 2 is 2.00 bits per heavy atom. The predicted molar refractivity (Wildman–Crippen MR) is 137 cm³/mol. The third-order valence-electron chi connectivity index (χ3n) is 7.56. The van der Waals surface area contributed by atoms with Gasteiger partial charge in [0, 0.05) is 19.1 Å². The Hall–Kier alpha value is -2.90. The zero-order valence-corrected chi connectivity index (χ0v) is 20.5. The van der Waals surface area contributed by atoms with Crippen molar-refractivity contribution in [3.05, 3.63) is 52.2 Å². The highest BCUT2D eigenvalue weighted by atomic mass is 32.1. The summed E-state index contributed by atoms with van der Waals surface area (Å²) < 4.78 is 7.07. The fourth-order valence-corrected chi connectivity index (χ4v) is 7.63. The van der Waals surface area contributed by atoms with Crippen molar-refractivity contribution in [3.8, 4) is 16.3 Å². The van der Waals surface area contributed by atoms with E-state index in [1.54, 1.807) is 12.1 Å². The number of phenols is 1. The lowest BCUT2D eigenvalue weighted by Crippen LogP contribution is -2.34. The molecule has 3 N–H and O–H groups in total. The molecule has 2 aliphatic rings. The molecule has 1 aliphatic heterocycles. The minimum absolute atomic E-state index is 0.0386. The zero-order valence-electron chi connectivity index (χ0n) is 19.7. The lowest BCUT2D eigenvalue weighted by molar-refractivity contribution is 0.126. The summed E-state index contributed by atoms with van der Waals surface area (Å²) >= 11 is 1.42. The number of anilines is 1. The van der Waals surface area contributed by atoms with Crippen LogP contribution in [-0.4, -0.2) is 27.6 Å².